The molecule has 2 heterocycles. The number of morpholine rings is 1. The Morgan fingerprint density at radius 3 is 2.94 bits per heavy atom. The molecule has 1 saturated heterocycles. The van der Waals surface area contributed by atoms with E-state index in [2.05, 4.69) is 21.6 Å². The van der Waals surface area contributed by atoms with Crippen molar-refractivity contribution in [1.29, 1.82) is 5.26 Å². The quantitative estimate of drug-likeness (QED) is 0.765. The van der Waals surface area contributed by atoms with E-state index in [1.807, 2.05) is 12.3 Å². The summed E-state index contributed by atoms with van der Waals surface area (Å²) >= 11 is 0. The number of nitrogens with zero attached hydrogens (tertiary/aromatic N) is 3. The fraction of sp³-hybridized carbons (Fsp3) is 0.583. The van der Waals surface area contributed by atoms with Gasteiger partial charge in [-0.05, 0) is 12.1 Å². The van der Waals surface area contributed by atoms with Gasteiger partial charge in [-0.3, -0.25) is 4.90 Å². The standard InChI is InChI=1S/C12H17N3O/c13-4-2-6-15-5-1-3-12(15)11-14-7-9-16-10-8-14/h1,3,5H,2,6-11H2. The van der Waals surface area contributed by atoms with Gasteiger partial charge in [0, 0.05) is 38.1 Å². The van der Waals surface area contributed by atoms with Crippen LogP contribution in [-0.4, -0.2) is 35.8 Å². The van der Waals surface area contributed by atoms with E-state index >= 15 is 0 Å². The Hall–Kier alpha value is -1.31. The Morgan fingerprint density at radius 1 is 1.38 bits per heavy atom. The van der Waals surface area contributed by atoms with Crippen LogP contribution in [0.4, 0.5) is 0 Å². The van der Waals surface area contributed by atoms with Crippen LogP contribution in [0.15, 0.2) is 18.3 Å². The van der Waals surface area contributed by atoms with Crippen molar-refractivity contribution in [2.75, 3.05) is 26.3 Å². The molecule has 0 aliphatic carbocycles. The lowest BCUT2D eigenvalue weighted by Gasteiger charge is -2.26. The molecule has 0 N–H and O–H groups in total. The Labute approximate surface area is 96.0 Å². The Balaban J connectivity index is 1.92. The van der Waals surface area contributed by atoms with Crippen LogP contribution in [0, 0.1) is 11.3 Å². The molecule has 0 unspecified atom stereocenters. The molecule has 16 heavy (non-hydrogen) atoms. The van der Waals surface area contributed by atoms with Crippen molar-refractivity contribution in [1.82, 2.24) is 9.47 Å². The average Bonchev–Trinajstić information content (AvgIpc) is 2.75. The molecule has 0 aromatic carbocycles. The van der Waals surface area contributed by atoms with E-state index < -0.39 is 0 Å². The summed E-state index contributed by atoms with van der Waals surface area (Å²) in [7, 11) is 0. The zero-order valence-corrected chi connectivity index (χ0v) is 9.43. The summed E-state index contributed by atoms with van der Waals surface area (Å²) in [6.07, 6.45) is 2.62. The van der Waals surface area contributed by atoms with Gasteiger partial charge in [0.25, 0.3) is 0 Å². The molecular weight excluding hydrogens is 202 g/mol. The monoisotopic (exact) mass is 219 g/mol. The van der Waals surface area contributed by atoms with Crippen LogP contribution in [0.1, 0.15) is 12.1 Å². The van der Waals surface area contributed by atoms with Gasteiger partial charge < -0.3 is 9.30 Å². The molecule has 2 rings (SSSR count). The molecule has 4 nitrogen and oxygen atoms in total. The molecule has 1 aliphatic heterocycles. The SMILES string of the molecule is N#CCCn1cccc1CN1CCOCC1. The van der Waals surface area contributed by atoms with Crippen LogP contribution >= 0.6 is 0 Å². The average molecular weight is 219 g/mol. The van der Waals surface area contributed by atoms with E-state index in [9.17, 15) is 0 Å². The third-order valence-electron chi connectivity index (χ3n) is 2.88. The predicted octanol–water partition coefficient (Wildman–Crippen LogP) is 1.23. The van der Waals surface area contributed by atoms with Crippen LogP contribution < -0.4 is 0 Å². The highest BCUT2D eigenvalue weighted by Crippen LogP contribution is 2.09. The lowest BCUT2D eigenvalue weighted by atomic mass is 10.3. The summed E-state index contributed by atoms with van der Waals surface area (Å²) in [5, 5.41) is 8.59. The third kappa shape index (κ3) is 2.84. The van der Waals surface area contributed by atoms with Crippen molar-refractivity contribution in [2.45, 2.75) is 19.5 Å². The molecule has 0 atom stereocenters. The second-order valence-electron chi connectivity index (χ2n) is 3.99. The summed E-state index contributed by atoms with van der Waals surface area (Å²) < 4.78 is 7.49. The number of aromatic nitrogens is 1. The maximum Gasteiger partial charge on any atom is 0.0640 e. The highest BCUT2D eigenvalue weighted by molar-refractivity contribution is 5.07. The molecule has 1 fully saturated rings. The smallest absolute Gasteiger partial charge is 0.0640 e. The maximum absolute atomic E-state index is 8.59. The van der Waals surface area contributed by atoms with E-state index in [1.165, 1.54) is 5.69 Å². The predicted molar refractivity (Wildman–Crippen MR) is 60.8 cm³/mol. The van der Waals surface area contributed by atoms with Crippen LogP contribution in [0.25, 0.3) is 0 Å². The van der Waals surface area contributed by atoms with Crippen LogP contribution in [-0.2, 0) is 17.8 Å². The van der Waals surface area contributed by atoms with Crippen LogP contribution in [0.3, 0.4) is 0 Å². The summed E-state index contributed by atoms with van der Waals surface area (Å²) in [6, 6.07) is 6.36. The number of hydrogen-bond acceptors (Lipinski definition) is 3. The minimum atomic E-state index is 0.574. The van der Waals surface area contributed by atoms with Crippen molar-refractivity contribution in [3.8, 4) is 6.07 Å². The second kappa shape index (κ2) is 5.69. The molecule has 0 spiro atoms. The molecular formula is C12H17N3O. The first-order valence-corrected chi connectivity index (χ1v) is 5.71. The van der Waals surface area contributed by atoms with E-state index in [0.29, 0.717) is 6.42 Å². The Morgan fingerprint density at radius 2 is 2.19 bits per heavy atom. The van der Waals surface area contributed by atoms with Crippen molar-refractivity contribution in [2.24, 2.45) is 0 Å². The van der Waals surface area contributed by atoms with Gasteiger partial charge in [0.1, 0.15) is 0 Å². The zero-order chi connectivity index (χ0) is 11.2. The fourth-order valence-corrected chi connectivity index (χ4v) is 1.97. The van der Waals surface area contributed by atoms with E-state index in [4.69, 9.17) is 10.00 Å². The molecule has 0 saturated carbocycles. The first kappa shape index (κ1) is 11.2. The minimum Gasteiger partial charge on any atom is -0.379 e. The van der Waals surface area contributed by atoms with Gasteiger partial charge in [-0.15, -0.1) is 0 Å². The number of hydrogen-bond donors (Lipinski definition) is 0. The largest absolute Gasteiger partial charge is 0.379 e. The zero-order valence-electron chi connectivity index (χ0n) is 9.43. The van der Waals surface area contributed by atoms with E-state index in [-0.39, 0.29) is 0 Å². The first-order chi connectivity index (χ1) is 7.90. The van der Waals surface area contributed by atoms with Gasteiger partial charge in [-0.1, -0.05) is 0 Å². The van der Waals surface area contributed by atoms with Crippen molar-refractivity contribution < 1.29 is 4.74 Å². The number of nitriles is 1. The fourth-order valence-electron chi connectivity index (χ4n) is 1.97. The minimum absolute atomic E-state index is 0.574. The second-order valence-corrected chi connectivity index (χ2v) is 3.99. The Kier molecular flexibility index (Phi) is 3.97. The molecule has 1 aromatic heterocycles. The number of ether oxygens (including phenoxy) is 1. The summed E-state index contributed by atoms with van der Waals surface area (Å²) in [5.74, 6) is 0. The molecule has 0 bridgehead atoms. The molecule has 0 amide bonds. The van der Waals surface area contributed by atoms with Crippen molar-refractivity contribution in [3.05, 3.63) is 24.0 Å². The normalized spacial score (nSPS) is 17.2. The number of rotatable bonds is 4. The lowest BCUT2D eigenvalue weighted by molar-refractivity contribution is 0.0332. The molecule has 1 aliphatic rings. The maximum atomic E-state index is 8.59. The molecule has 86 valence electrons. The molecule has 0 radical (unpaired) electrons. The molecule has 1 aromatic rings. The van der Waals surface area contributed by atoms with Crippen molar-refractivity contribution >= 4 is 0 Å². The van der Waals surface area contributed by atoms with Crippen LogP contribution in [0.2, 0.25) is 0 Å². The van der Waals surface area contributed by atoms with Gasteiger partial charge in [0.15, 0.2) is 0 Å². The van der Waals surface area contributed by atoms with Gasteiger partial charge in [0.2, 0.25) is 0 Å². The van der Waals surface area contributed by atoms with Crippen LogP contribution in [0.5, 0.6) is 0 Å². The topological polar surface area (TPSA) is 41.2 Å². The van der Waals surface area contributed by atoms with Gasteiger partial charge in [0.05, 0.1) is 25.7 Å². The number of aryl methyl sites for hydroxylation is 1. The highest BCUT2D eigenvalue weighted by atomic mass is 16.5. The highest BCUT2D eigenvalue weighted by Gasteiger charge is 2.12. The van der Waals surface area contributed by atoms with Gasteiger partial charge in [-0.2, -0.15) is 5.26 Å². The van der Waals surface area contributed by atoms with E-state index in [0.717, 1.165) is 39.4 Å². The Bertz CT molecular complexity index is 361. The lowest BCUT2D eigenvalue weighted by Crippen LogP contribution is -2.36. The van der Waals surface area contributed by atoms with Gasteiger partial charge in [-0.25, -0.2) is 0 Å². The van der Waals surface area contributed by atoms with Gasteiger partial charge >= 0.3 is 0 Å². The van der Waals surface area contributed by atoms with E-state index in [1.54, 1.807) is 0 Å². The van der Waals surface area contributed by atoms with Crippen molar-refractivity contribution in [3.63, 3.8) is 0 Å². The first-order valence-electron chi connectivity index (χ1n) is 5.71. The summed E-state index contributed by atoms with van der Waals surface area (Å²) in [4.78, 5) is 2.39. The summed E-state index contributed by atoms with van der Waals surface area (Å²) in [6.45, 7) is 5.43. The third-order valence-corrected chi connectivity index (χ3v) is 2.88. The summed E-state index contributed by atoms with van der Waals surface area (Å²) in [5.41, 5.74) is 1.29. The molecule has 4 heteroatoms.